The van der Waals surface area contributed by atoms with Gasteiger partial charge in [0.05, 0.1) is 0 Å². The zero-order chi connectivity index (χ0) is 57.4. The van der Waals surface area contributed by atoms with Gasteiger partial charge < -0.3 is 0 Å². The summed E-state index contributed by atoms with van der Waals surface area (Å²) in [5, 5.41) is 2.59. The first kappa shape index (κ1) is 72.2. The molecule has 0 bridgehead atoms. The molecule has 19 heteroatoms. The van der Waals surface area contributed by atoms with Crippen molar-refractivity contribution in [2.75, 3.05) is 0 Å². The van der Waals surface area contributed by atoms with Crippen molar-refractivity contribution in [3.63, 3.8) is 0 Å². The molecule has 0 fully saturated rings. The Kier molecular flexibility index (Phi) is 30.7. The van der Waals surface area contributed by atoms with Gasteiger partial charge in [-0.1, -0.05) is 0 Å². The quantitative estimate of drug-likeness (QED) is 0.157. The van der Waals surface area contributed by atoms with E-state index in [-0.39, 0.29) is 0 Å². The van der Waals surface area contributed by atoms with Gasteiger partial charge >= 0.3 is 490 Å². The van der Waals surface area contributed by atoms with E-state index in [9.17, 15) is 4.21 Å². The molecule has 0 amide bonds. The Balaban J connectivity index is 0.000000432. The molecule has 6 aromatic heterocycles. The number of H-pyrrole nitrogens is 1. The number of aromatic nitrogens is 9. The van der Waals surface area contributed by atoms with Gasteiger partial charge in [0.1, 0.15) is 0 Å². The van der Waals surface area contributed by atoms with E-state index in [1.54, 1.807) is 0 Å². The summed E-state index contributed by atoms with van der Waals surface area (Å²) in [5.41, 5.74) is 3.74. The Morgan fingerprint density at radius 1 is 0.514 bits per heavy atom. The SMILES string of the molecule is CC1=N[C]([Sn]([CH3])([CH3])[CH3])=CS1=O.Cc1cc[c]([Sn]([CH3])([CH3])[CH3])nc1.Cc1ccc[c]([Sn]([CH3])([CH3])[CH3])n1.Cc1ccn[c]([Sn]([CH3])([CH3])[CH3])c1.Cc1nc[c]([Sn]([CH3])([CH3])[CH3])[nH]1.Cn1cn[c]([Sn]([CH3])([CH3])[CH3])c1.Cn1cnc[c]1[Sn]([CH3])([CH3])[CH3]. The molecule has 6 aromatic rings. The summed E-state index contributed by atoms with van der Waals surface area (Å²) in [6, 6.07) is 15.0. The summed E-state index contributed by atoms with van der Waals surface area (Å²) in [6.45, 7) is 10.1. The van der Waals surface area contributed by atoms with Crippen molar-refractivity contribution in [2.24, 2.45) is 19.1 Å². The van der Waals surface area contributed by atoms with Crippen molar-refractivity contribution in [1.29, 1.82) is 0 Å². The molecule has 0 saturated heterocycles. The average molecular weight is 1780 g/mol. The summed E-state index contributed by atoms with van der Waals surface area (Å²) in [5.74, 6) is 1.04. The molecule has 1 atom stereocenters. The fourth-order valence-corrected chi connectivity index (χ4v) is 32.5. The van der Waals surface area contributed by atoms with Crippen LogP contribution in [0.2, 0.25) is 104 Å². The van der Waals surface area contributed by atoms with Crippen LogP contribution in [0.25, 0.3) is 0 Å². The minimum atomic E-state index is -2.02. The number of nitrogens with one attached hydrogen (secondary N) is 1. The predicted octanol–water partition coefficient (Wildman–Crippen LogP) is 10.9. The molecule has 7 heterocycles. The molecule has 410 valence electrons. The van der Waals surface area contributed by atoms with Gasteiger partial charge in [0, 0.05) is 0 Å². The Labute approximate surface area is 482 Å². The van der Waals surface area contributed by atoms with Crippen LogP contribution in [0.4, 0.5) is 0 Å². The molecule has 1 N–H and O–H groups in total. The number of aryl methyl sites for hydroxylation is 6. The van der Waals surface area contributed by atoms with Gasteiger partial charge in [0.25, 0.3) is 0 Å². The van der Waals surface area contributed by atoms with E-state index in [0.29, 0.717) is 0 Å². The Morgan fingerprint density at radius 2 is 1.08 bits per heavy atom. The monoisotopic (exact) mass is 1790 g/mol. The van der Waals surface area contributed by atoms with Crippen LogP contribution >= 0.6 is 0 Å². The molecule has 1 aliphatic heterocycles. The molecule has 0 saturated carbocycles. The summed E-state index contributed by atoms with van der Waals surface area (Å²) in [7, 11) is 3.19. The Morgan fingerprint density at radius 3 is 1.35 bits per heavy atom. The summed E-state index contributed by atoms with van der Waals surface area (Å²) in [4.78, 5) is 83.3. The average Bonchev–Trinajstić information content (AvgIpc) is 4.07. The third kappa shape index (κ3) is 29.1. The fraction of sp³-hybridized carbons (Fsp3) is 0.509. The molecular weight excluding hydrogens is 1680 g/mol. The maximum absolute atomic E-state index is 11.2. The van der Waals surface area contributed by atoms with E-state index in [4.69, 9.17) is 0 Å². The predicted molar refractivity (Wildman–Crippen MR) is 347 cm³/mol. The molecule has 1 aliphatic rings. The van der Waals surface area contributed by atoms with Gasteiger partial charge in [0.15, 0.2) is 0 Å². The van der Waals surface area contributed by atoms with E-state index in [0.717, 1.165) is 20.3 Å². The molecule has 0 spiro atoms. The van der Waals surface area contributed by atoms with Gasteiger partial charge in [-0.2, -0.15) is 0 Å². The van der Waals surface area contributed by atoms with Crippen molar-refractivity contribution >= 4 is 167 Å². The van der Waals surface area contributed by atoms with Crippen molar-refractivity contribution in [3.8, 4) is 0 Å². The van der Waals surface area contributed by atoms with Gasteiger partial charge in [-0.15, -0.1) is 0 Å². The molecule has 1 unspecified atom stereocenters. The number of aliphatic imine (C=N–C) groups is 1. The van der Waals surface area contributed by atoms with E-state index >= 15 is 0 Å². The molecule has 0 radical (unpaired) electrons. The number of rotatable bonds is 7. The fourth-order valence-electron chi connectivity index (χ4n) is 6.27. The Bertz CT molecular complexity index is 2610. The van der Waals surface area contributed by atoms with Crippen LogP contribution in [-0.2, 0) is 24.9 Å². The van der Waals surface area contributed by atoms with Crippen LogP contribution in [-0.4, -0.2) is 182 Å². The molecule has 0 aromatic carbocycles. The number of nitrogens with zero attached hydrogens (tertiary/aromatic N) is 9. The first-order valence-electron chi connectivity index (χ1n) is 25.9. The van der Waals surface area contributed by atoms with E-state index in [2.05, 4.69) is 225 Å². The van der Waals surface area contributed by atoms with Crippen molar-refractivity contribution in [2.45, 2.75) is 138 Å². The molecule has 11 nitrogen and oxygen atoms in total. The summed E-state index contributed by atoms with van der Waals surface area (Å²) in [6.07, 6.45) is 13.8. The van der Waals surface area contributed by atoms with Gasteiger partial charge in [-0.3, -0.25) is 0 Å². The molecule has 7 rings (SSSR count). The van der Waals surface area contributed by atoms with Crippen LogP contribution in [0.5, 0.6) is 0 Å². The normalized spacial score (nSPS) is 13.8. The number of imidazole rings is 3. The second-order valence-electron chi connectivity index (χ2n) is 26.5. The van der Waals surface area contributed by atoms with E-state index in [1.807, 2.05) is 68.3 Å². The number of aromatic amines is 1. The summed E-state index contributed by atoms with van der Waals surface area (Å²) >= 11 is -13.0. The van der Waals surface area contributed by atoms with Crippen molar-refractivity contribution in [1.82, 2.24) is 44.0 Å². The molecule has 74 heavy (non-hydrogen) atoms. The topological polar surface area (TPSA) is 132 Å². The van der Waals surface area contributed by atoms with Gasteiger partial charge in [-0.05, 0) is 0 Å². The zero-order valence-corrected chi connectivity index (χ0v) is 72.3. The first-order valence-corrected chi connectivity index (χ1v) is 97.0. The van der Waals surface area contributed by atoms with Crippen molar-refractivity contribution in [3.05, 3.63) is 118 Å². The van der Waals surface area contributed by atoms with Crippen LogP contribution in [0.3, 0.4) is 0 Å². The standard InChI is InChI=1S/3C6H6N.3C4H5N2.C4H4NOS.21CH3.7Sn/c1-6-2-4-7-5-3-6;1-6-3-2-4-7-5-6;1-6-4-2-3-5-7-6;2*1-6-3-2-5-4-6;1-4-5-2-3-6-4;1-4-5-2-3-7(4)6;;;;;;;;;;;;;;;;;;;;;;;;;;;;/h2-4H,1H3;2-3,5H,1H3;2-4H,1H3;3-4H,1H3;2,4H,1H3;2H,1H3,(H,5,6);3H,1H3;21*1H3;;;;;;;. The van der Waals surface area contributed by atoms with Crippen molar-refractivity contribution < 1.29 is 4.21 Å². The third-order valence-electron chi connectivity index (χ3n) is 11.1. The second-order valence-corrected chi connectivity index (χ2v) is 128. The van der Waals surface area contributed by atoms with Crippen LogP contribution in [0.1, 0.15) is 29.6 Å². The number of pyridine rings is 3. The molecular formula is C55H100N10OSSn7. The summed E-state index contributed by atoms with van der Waals surface area (Å²) < 4.78 is 24.9. The van der Waals surface area contributed by atoms with Crippen LogP contribution in [0.15, 0.2) is 100 Å². The second kappa shape index (κ2) is 31.4. The first-order chi connectivity index (χ1) is 33.4. The van der Waals surface area contributed by atoms with Crippen LogP contribution in [0, 0.1) is 27.7 Å². The van der Waals surface area contributed by atoms with Gasteiger partial charge in [0.2, 0.25) is 0 Å². The van der Waals surface area contributed by atoms with Gasteiger partial charge in [-0.25, -0.2) is 0 Å². The zero-order valence-electron chi connectivity index (χ0n) is 51.5. The molecule has 0 aliphatic carbocycles. The van der Waals surface area contributed by atoms with Crippen LogP contribution < -0.4 is 22.3 Å². The van der Waals surface area contributed by atoms with E-state index in [1.165, 1.54) is 33.4 Å². The third-order valence-corrected chi connectivity index (χ3v) is 49.8. The number of hydrogen-bond donors (Lipinski definition) is 1. The maximum atomic E-state index is 11.2. The van der Waals surface area contributed by atoms with E-state index < -0.39 is 139 Å². The Hall–Kier alpha value is 0.231. The minimum absolute atomic E-state index is 0.770. The number of hydrogen-bond acceptors (Lipinski definition) is 8.